The number of benzene rings is 2. The maximum absolute atomic E-state index is 12.3. The maximum atomic E-state index is 12.3. The summed E-state index contributed by atoms with van der Waals surface area (Å²) in [5, 5.41) is 2.88. The number of carbonyl (C=O) groups excluding carboxylic acids is 1. The number of aryl methyl sites for hydroxylation is 2. The number of aromatic nitrogens is 1. The van der Waals surface area contributed by atoms with Crippen LogP contribution in [0.2, 0.25) is 0 Å². The van der Waals surface area contributed by atoms with Gasteiger partial charge in [-0.25, -0.2) is 0 Å². The summed E-state index contributed by atoms with van der Waals surface area (Å²) in [6, 6.07) is 20.5. The number of rotatable bonds is 7. The summed E-state index contributed by atoms with van der Waals surface area (Å²) in [7, 11) is 0. The van der Waals surface area contributed by atoms with E-state index in [4.69, 9.17) is 4.74 Å². The Bertz CT molecular complexity index is 965. The summed E-state index contributed by atoms with van der Waals surface area (Å²) < 4.78 is 7.43. The second-order valence-corrected chi connectivity index (χ2v) is 6.30. The van der Waals surface area contributed by atoms with Crippen molar-refractivity contribution in [3.63, 3.8) is 0 Å². The lowest BCUT2D eigenvalue weighted by Crippen LogP contribution is -2.22. The van der Waals surface area contributed by atoms with Gasteiger partial charge in [0, 0.05) is 25.2 Å². The van der Waals surface area contributed by atoms with Crippen molar-refractivity contribution < 1.29 is 9.53 Å². The van der Waals surface area contributed by atoms with Crippen LogP contribution in [-0.4, -0.2) is 10.5 Å². The molecular weight excluding hydrogens is 340 g/mol. The van der Waals surface area contributed by atoms with Crippen molar-refractivity contribution in [2.45, 2.75) is 26.5 Å². The Morgan fingerprint density at radius 2 is 1.81 bits per heavy atom. The average molecular weight is 362 g/mol. The lowest BCUT2D eigenvalue weighted by atomic mass is 10.2. The first kappa shape index (κ1) is 18.5. The Balaban J connectivity index is 1.64. The average Bonchev–Trinajstić information content (AvgIpc) is 2.68. The Hall–Kier alpha value is -3.34. The van der Waals surface area contributed by atoms with E-state index in [-0.39, 0.29) is 17.9 Å². The molecule has 0 unspecified atom stereocenters. The van der Waals surface area contributed by atoms with Crippen LogP contribution in [0.1, 0.15) is 17.5 Å². The first-order valence-corrected chi connectivity index (χ1v) is 8.84. The second-order valence-electron chi connectivity index (χ2n) is 6.30. The van der Waals surface area contributed by atoms with Gasteiger partial charge in [-0.2, -0.15) is 0 Å². The molecule has 1 N–H and O–H groups in total. The lowest BCUT2D eigenvalue weighted by Gasteiger charge is -2.14. The maximum Gasteiger partial charge on any atom is 0.250 e. The highest BCUT2D eigenvalue weighted by Crippen LogP contribution is 2.27. The van der Waals surface area contributed by atoms with E-state index < -0.39 is 0 Å². The van der Waals surface area contributed by atoms with Gasteiger partial charge in [0.2, 0.25) is 5.91 Å². The number of anilines is 1. The zero-order valence-corrected chi connectivity index (χ0v) is 15.2. The zero-order chi connectivity index (χ0) is 19.1. The number of carbonyl (C=O) groups is 1. The largest absolute Gasteiger partial charge is 0.487 e. The SMILES string of the molecule is Cc1ccc(NC(=O)CCn2ccccc2=O)c(OCc2ccccc2)c1. The molecule has 27 heavy (non-hydrogen) atoms. The van der Waals surface area contributed by atoms with Crippen LogP contribution < -0.4 is 15.6 Å². The molecular formula is C22H22N2O3. The monoisotopic (exact) mass is 362 g/mol. The van der Waals surface area contributed by atoms with Crippen LogP contribution in [0.5, 0.6) is 5.75 Å². The fraction of sp³-hybridized carbons (Fsp3) is 0.182. The third kappa shape index (κ3) is 5.31. The molecule has 0 bridgehead atoms. The van der Waals surface area contributed by atoms with Crippen molar-refractivity contribution in [3.8, 4) is 5.75 Å². The Morgan fingerprint density at radius 3 is 2.59 bits per heavy atom. The molecule has 3 aromatic rings. The number of amides is 1. The van der Waals surface area contributed by atoms with E-state index in [2.05, 4.69) is 5.32 Å². The lowest BCUT2D eigenvalue weighted by molar-refractivity contribution is -0.116. The molecule has 0 atom stereocenters. The Labute approximate surface area is 158 Å². The van der Waals surface area contributed by atoms with Crippen LogP contribution in [0.4, 0.5) is 5.69 Å². The smallest absolute Gasteiger partial charge is 0.250 e. The van der Waals surface area contributed by atoms with Gasteiger partial charge in [-0.1, -0.05) is 42.5 Å². The van der Waals surface area contributed by atoms with Crippen molar-refractivity contribution in [3.05, 3.63) is 94.4 Å². The van der Waals surface area contributed by atoms with E-state index in [1.54, 1.807) is 18.3 Å². The molecule has 0 radical (unpaired) electrons. The molecule has 0 aliphatic carbocycles. The van der Waals surface area contributed by atoms with E-state index in [0.717, 1.165) is 11.1 Å². The van der Waals surface area contributed by atoms with Crippen LogP contribution in [0.25, 0.3) is 0 Å². The highest BCUT2D eigenvalue weighted by Gasteiger charge is 2.09. The van der Waals surface area contributed by atoms with Gasteiger partial charge in [0.25, 0.3) is 5.56 Å². The van der Waals surface area contributed by atoms with Crippen molar-refractivity contribution in [2.24, 2.45) is 0 Å². The molecule has 0 saturated carbocycles. The van der Waals surface area contributed by atoms with Crippen LogP contribution in [0.15, 0.2) is 77.7 Å². The molecule has 0 saturated heterocycles. The van der Waals surface area contributed by atoms with E-state index >= 15 is 0 Å². The summed E-state index contributed by atoms with van der Waals surface area (Å²) in [5.41, 5.74) is 2.61. The number of pyridine rings is 1. The molecule has 0 spiro atoms. The van der Waals surface area contributed by atoms with Gasteiger partial charge >= 0.3 is 0 Å². The molecule has 3 rings (SSSR count). The molecule has 5 heteroatoms. The first-order chi connectivity index (χ1) is 13.1. The van der Waals surface area contributed by atoms with Gasteiger partial charge in [-0.05, 0) is 36.2 Å². The van der Waals surface area contributed by atoms with Gasteiger partial charge in [-0.3, -0.25) is 9.59 Å². The number of hydrogen-bond acceptors (Lipinski definition) is 3. The van der Waals surface area contributed by atoms with Crippen molar-refractivity contribution in [2.75, 3.05) is 5.32 Å². The summed E-state index contributed by atoms with van der Waals surface area (Å²) >= 11 is 0. The van der Waals surface area contributed by atoms with E-state index in [0.29, 0.717) is 24.6 Å². The van der Waals surface area contributed by atoms with Gasteiger partial charge in [0.1, 0.15) is 12.4 Å². The first-order valence-electron chi connectivity index (χ1n) is 8.84. The fourth-order valence-electron chi connectivity index (χ4n) is 2.67. The van der Waals surface area contributed by atoms with E-state index in [1.807, 2.05) is 55.5 Å². The van der Waals surface area contributed by atoms with Crippen LogP contribution >= 0.6 is 0 Å². The highest BCUT2D eigenvalue weighted by molar-refractivity contribution is 5.92. The van der Waals surface area contributed by atoms with Crippen molar-refractivity contribution in [1.29, 1.82) is 0 Å². The van der Waals surface area contributed by atoms with Crippen molar-refractivity contribution in [1.82, 2.24) is 4.57 Å². The number of ether oxygens (including phenoxy) is 1. The third-order valence-corrected chi connectivity index (χ3v) is 4.13. The third-order valence-electron chi connectivity index (χ3n) is 4.13. The van der Waals surface area contributed by atoms with Gasteiger partial charge in [0.05, 0.1) is 5.69 Å². The quantitative estimate of drug-likeness (QED) is 0.696. The molecule has 0 aliphatic heterocycles. The predicted molar refractivity (Wildman–Crippen MR) is 106 cm³/mol. The number of nitrogens with zero attached hydrogens (tertiary/aromatic N) is 1. The predicted octanol–water partition coefficient (Wildman–Crippen LogP) is 3.76. The van der Waals surface area contributed by atoms with Gasteiger partial charge in [-0.15, -0.1) is 0 Å². The molecule has 138 valence electrons. The summed E-state index contributed by atoms with van der Waals surface area (Å²) in [6.45, 7) is 2.73. The number of hydrogen-bond donors (Lipinski definition) is 1. The minimum absolute atomic E-state index is 0.118. The van der Waals surface area contributed by atoms with Crippen molar-refractivity contribution >= 4 is 11.6 Å². The highest BCUT2D eigenvalue weighted by atomic mass is 16.5. The molecule has 5 nitrogen and oxygen atoms in total. The summed E-state index contributed by atoms with van der Waals surface area (Å²) in [4.78, 5) is 24.0. The minimum atomic E-state index is -0.167. The summed E-state index contributed by atoms with van der Waals surface area (Å²) in [5.74, 6) is 0.461. The fourth-order valence-corrected chi connectivity index (χ4v) is 2.67. The number of nitrogens with one attached hydrogen (secondary N) is 1. The Morgan fingerprint density at radius 1 is 1.04 bits per heavy atom. The zero-order valence-electron chi connectivity index (χ0n) is 15.2. The van der Waals surface area contributed by atoms with Gasteiger partial charge < -0.3 is 14.6 Å². The summed E-state index contributed by atoms with van der Waals surface area (Å²) in [6.07, 6.45) is 1.88. The minimum Gasteiger partial charge on any atom is -0.487 e. The van der Waals surface area contributed by atoms with E-state index in [9.17, 15) is 9.59 Å². The molecule has 2 aromatic carbocycles. The van der Waals surface area contributed by atoms with Crippen LogP contribution in [0, 0.1) is 6.92 Å². The second kappa shape index (κ2) is 8.85. The topological polar surface area (TPSA) is 60.3 Å². The van der Waals surface area contributed by atoms with Gasteiger partial charge in [0.15, 0.2) is 0 Å². The standard InChI is InChI=1S/C22H22N2O3/c1-17-10-11-19(20(15-17)27-16-18-7-3-2-4-8-18)23-21(25)12-14-24-13-6-5-9-22(24)26/h2-11,13,15H,12,14,16H2,1H3,(H,23,25). The Kier molecular flexibility index (Phi) is 6.05. The molecule has 1 heterocycles. The molecule has 0 fully saturated rings. The van der Waals surface area contributed by atoms with Crippen LogP contribution in [-0.2, 0) is 17.9 Å². The normalized spacial score (nSPS) is 10.4. The van der Waals surface area contributed by atoms with E-state index in [1.165, 1.54) is 10.6 Å². The molecule has 1 amide bonds. The van der Waals surface area contributed by atoms with Crippen LogP contribution in [0.3, 0.4) is 0 Å². The molecule has 1 aromatic heterocycles. The molecule has 0 aliphatic rings.